The van der Waals surface area contributed by atoms with Gasteiger partial charge in [0.15, 0.2) is 0 Å². The van der Waals surface area contributed by atoms with E-state index in [0.717, 1.165) is 11.6 Å². The Labute approximate surface area is 196 Å². The average Bonchev–Trinajstić information content (AvgIpc) is 2.84. The minimum absolute atomic E-state index is 0.124. The number of carboxylic acids is 1. The molecule has 1 aliphatic heterocycles. The highest BCUT2D eigenvalue weighted by Crippen LogP contribution is 2.40. The maximum atomic E-state index is 13.9. The molecule has 0 radical (unpaired) electrons. The largest absolute Gasteiger partial charge is 0.489 e. The van der Waals surface area contributed by atoms with Crippen molar-refractivity contribution in [1.29, 1.82) is 0 Å². The van der Waals surface area contributed by atoms with Gasteiger partial charge in [0.2, 0.25) is 0 Å². The van der Waals surface area contributed by atoms with Gasteiger partial charge in [0, 0.05) is 6.54 Å². The standard InChI is InChI=1S/C27H26F3NO3/c28-27(29,30)24-11-5-4-10-23(24)25(31-16-6-9-21(17-31)26(32)33)20-12-14-22(15-13-20)34-18-19-7-2-1-3-8-19/h1-5,7-8,10-15,21,25H,6,9,16-18H2,(H,32,33). The lowest BCUT2D eigenvalue weighted by molar-refractivity contribution is -0.144. The van der Waals surface area contributed by atoms with Crippen molar-refractivity contribution in [2.45, 2.75) is 31.7 Å². The molecule has 0 bridgehead atoms. The van der Waals surface area contributed by atoms with Gasteiger partial charge in [-0.05, 0) is 54.3 Å². The smallest absolute Gasteiger partial charge is 0.416 e. The van der Waals surface area contributed by atoms with Crippen LogP contribution in [0.2, 0.25) is 0 Å². The Balaban J connectivity index is 1.65. The van der Waals surface area contributed by atoms with E-state index < -0.39 is 29.7 Å². The Hall–Kier alpha value is -3.32. The number of ether oxygens (including phenoxy) is 1. The van der Waals surface area contributed by atoms with Crippen molar-refractivity contribution in [3.8, 4) is 5.75 Å². The van der Waals surface area contributed by atoms with Crippen LogP contribution in [0, 0.1) is 5.92 Å². The normalized spacial score (nSPS) is 17.8. The van der Waals surface area contributed by atoms with Gasteiger partial charge in [-0.2, -0.15) is 13.2 Å². The second-order valence-electron chi connectivity index (χ2n) is 8.50. The molecule has 0 amide bonds. The highest BCUT2D eigenvalue weighted by molar-refractivity contribution is 5.70. The number of hydrogen-bond donors (Lipinski definition) is 1. The molecule has 3 aromatic carbocycles. The van der Waals surface area contributed by atoms with Gasteiger partial charge < -0.3 is 9.84 Å². The summed E-state index contributed by atoms with van der Waals surface area (Å²) in [5, 5.41) is 9.53. The molecule has 1 fully saturated rings. The first kappa shape index (κ1) is 23.8. The minimum atomic E-state index is -4.52. The number of hydrogen-bond acceptors (Lipinski definition) is 3. The zero-order valence-electron chi connectivity index (χ0n) is 18.5. The summed E-state index contributed by atoms with van der Waals surface area (Å²) in [6.07, 6.45) is -3.39. The fraction of sp³-hybridized carbons (Fsp3) is 0.296. The van der Waals surface area contributed by atoms with Crippen LogP contribution in [0.15, 0.2) is 78.9 Å². The zero-order chi connectivity index (χ0) is 24.1. The lowest BCUT2D eigenvalue weighted by Gasteiger charge is -2.38. The summed E-state index contributed by atoms with van der Waals surface area (Å²) in [6, 6.07) is 21.5. The van der Waals surface area contributed by atoms with Crippen LogP contribution < -0.4 is 4.74 Å². The second-order valence-corrected chi connectivity index (χ2v) is 8.50. The van der Waals surface area contributed by atoms with E-state index in [4.69, 9.17) is 4.74 Å². The molecule has 3 aromatic rings. The van der Waals surface area contributed by atoms with Crippen molar-refractivity contribution >= 4 is 5.97 Å². The summed E-state index contributed by atoms with van der Waals surface area (Å²) < 4.78 is 47.5. The van der Waals surface area contributed by atoms with Crippen LogP contribution in [0.1, 0.15) is 41.1 Å². The van der Waals surface area contributed by atoms with Crippen molar-refractivity contribution in [2.24, 2.45) is 5.92 Å². The van der Waals surface area contributed by atoms with Crippen LogP contribution >= 0.6 is 0 Å². The van der Waals surface area contributed by atoms with E-state index in [1.54, 1.807) is 30.3 Å². The van der Waals surface area contributed by atoms with Crippen molar-refractivity contribution in [3.63, 3.8) is 0 Å². The Bertz CT molecular complexity index is 1100. The Morgan fingerprint density at radius 3 is 2.35 bits per heavy atom. The topological polar surface area (TPSA) is 49.8 Å². The predicted octanol–water partition coefficient (Wildman–Crippen LogP) is 6.17. The number of benzene rings is 3. The maximum absolute atomic E-state index is 13.9. The molecule has 4 rings (SSSR count). The minimum Gasteiger partial charge on any atom is -0.489 e. The van der Waals surface area contributed by atoms with E-state index in [0.29, 0.717) is 37.3 Å². The van der Waals surface area contributed by atoms with Crippen LogP contribution in [0.3, 0.4) is 0 Å². The molecule has 4 nitrogen and oxygen atoms in total. The first-order valence-electron chi connectivity index (χ1n) is 11.2. The molecule has 1 aliphatic rings. The first-order valence-corrected chi connectivity index (χ1v) is 11.2. The monoisotopic (exact) mass is 469 g/mol. The molecule has 178 valence electrons. The molecule has 1 N–H and O–H groups in total. The summed E-state index contributed by atoms with van der Waals surface area (Å²) in [4.78, 5) is 13.5. The maximum Gasteiger partial charge on any atom is 0.416 e. The SMILES string of the molecule is O=C(O)C1CCCN(C(c2ccc(OCc3ccccc3)cc2)c2ccccc2C(F)(F)F)C1. The third-order valence-corrected chi connectivity index (χ3v) is 6.17. The zero-order valence-corrected chi connectivity index (χ0v) is 18.5. The summed E-state index contributed by atoms with van der Waals surface area (Å²) in [5.41, 5.74) is 1.09. The summed E-state index contributed by atoms with van der Waals surface area (Å²) in [6.45, 7) is 1.10. The molecule has 1 saturated heterocycles. The van der Waals surface area contributed by atoms with E-state index in [2.05, 4.69) is 0 Å². The second kappa shape index (κ2) is 10.3. The molecule has 0 aliphatic carbocycles. The molecule has 2 atom stereocenters. The van der Waals surface area contributed by atoms with Crippen LogP contribution in [-0.4, -0.2) is 29.1 Å². The van der Waals surface area contributed by atoms with Crippen LogP contribution in [0.4, 0.5) is 13.2 Å². The molecule has 0 saturated carbocycles. The highest BCUT2D eigenvalue weighted by atomic mass is 19.4. The van der Waals surface area contributed by atoms with Gasteiger partial charge in [0.25, 0.3) is 0 Å². The number of aliphatic carboxylic acids is 1. The number of alkyl halides is 3. The summed E-state index contributed by atoms with van der Waals surface area (Å²) in [7, 11) is 0. The lowest BCUT2D eigenvalue weighted by atomic mass is 9.89. The molecule has 0 aromatic heterocycles. The molecule has 7 heteroatoms. The average molecular weight is 470 g/mol. The van der Waals surface area contributed by atoms with E-state index in [-0.39, 0.29) is 12.1 Å². The van der Waals surface area contributed by atoms with Crippen LogP contribution in [-0.2, 0) is 17.6 Å². The number of nitrogens with zero attached hydrogens (tertiary/aromatic N) is 1. The Morgan fingerprint density at radius 1 is 1.00 bits per heavy atom. The van der Waals surface area contributed by atoms with Gasteiger partial charge in [0.05, 0.1) is 17.5 Å². The van der Waals surface area contributed by atoms with Gasteiger partial charge >= 0.3 is 12.1 Å². The summed E-state index contributed by atoms with van der Waals surface area (Å²) in [5.74, 6) is -0.919. The third-order valence-electron chi connectivity index (χ3n) is 6.17. The molecule has 34 heavy (non-hydrogen) atoms. The van der Waals surface area contributed by atoms with E-state index in [1.165, 1.54) is 12.1 Å². The van der Waals surface area contributed by atoms with E-state index in [9.17, 15) is 23.1 Å². The summed E-state index contributed by atoms with van der Waals surface area (Å²) >= 11 is 0. The fourth-order valence-corrected chi connectivity index (χ4v) is 4.51. The third kappa shape index (κ3) is 5.59. The van der Waals surface area contributed by atoms with E-state index in [1.807, 2.05) is 35.2 Å². The highest BCUT2D eigenvalue weighted by Gasteiger charge is 2.38. The van der Waals surface area contributed by atoms with Crippen LogP contribution in [0.25, 0.3) is 0 Å². The van der Waals surface area contributed by atoms with E-state index >= 15 is 0 Å². The molecule has 0 spiro atoms. The molecule has 2 unspecified atom stereocenters. The number of likely N-dealkylation sites (tertiary alicyclic amines) is 1. The lowest BCUT2D eigenvalue weighted by Crippen LogP contribution is -2.41. The van der Waals surface area contributed by atoms with Gasteiger partial charge in [-0.15, -0.1) is 0 Å². The predicted molar refractivity (Wildman–Crippen MR) is 122 cm³/mol. The van der Waals surface area contributed by atoms with Crippen molar-refractivity contribution in [2.75, 3.05) is 13.1 Å². The van der Waals surface area contributed by atoms with Crippen LogP contribution in [0.5, 0.6) is 5.75 Å². The number of piperidine rings is 1. The van der Waals surface area contributed by atoms with Gasteiger partial charge in [-0.1, -0.05) is 60.7 Å². The molecular weight excluding hydrogens is 443 g/mol. The van der Waals surface area contributed by atoms with Crippen molar-refractivity contribution < 1.29 is 27.8 Å². The Morgan fingerprint density at radius 2 is 1.68 bits per heavy atom. The number of carbonyl (C=O) groups is 1. The van der Waals surface area contributed by atoms with Gasteiger partial charge in [-0.25, -0.2) is 0 Å². The number of rotatable bonds is 7. The molecular formula is C27H26F3NO3. The molecule has 1 heterocycles. The fourth-order valence-electron chi connectivity index (χ4n) is 4.51. The van der Waals surface area contributed by atoms with Crippen molar-refractivity contribution in [3.05, 3.63) is 101 Å². The number of carboxylic acid groups (broad SMARTS) is 1. The van der Waals surface area contributed by atoms with Gasteiger partial charge in [-0.3, -0.25) is 9.69 Å². The first-order chi connectivity index (χ1) is 16.3. The quantitative estimate of drug-likeness (QED) is 0.450. The van der Waals surface area contributed by atoms with Gasteiger partial charge in [0.1, 0.15) is 12.4 Å². The van der Waals surface area contributed by atoms with Crippen molar-refractivity contribution in [1.82, 2.24) is 4.90 Å². The number of halogens is 3. The Kier molecular flexibility index (Phi) is 7.22.